The number of aliphatic hydroxyl groups excluding tert-OH is 1. The second kappa shape index (κ2) is 6.50. The van der Waals surface area contributed by atoms with Crippen molar-refractivity contribution < 1.29 is 14.3 Å². The minimum absolute atomic E-state index is 0.0362. The number of carbonyl (C=O) groups is 1. The molecule has 0 aliphatic carbocycles. The Morgan fingerprint density at radius 1 is 1.25 bits per heavy atom. The highest BCUT2D eigenvalue weighted by Crippen LogP contribution is 2.31. The van der Waals surface area contributed by atoms with Crippen LogP contribution in [-0.2, 0) is 0 Å². The lowest BCUT2D eigenvalue weighted by Gasteiger charge is -2.12. The standard InChI is InChI=1S/C13H10Cl3NO3/c14-7-3-4-8(15)12(16)11(7)13(19)17-6-9(18)10-2-1-5-20-10/h1-5,9,18H,6H2,(H,17,19). The van der Waals surface area contributed by atoms with Gasteiger partial charge in [0.05, 0.1) is 33.4 Å². The third-order valence-corrected chi connectivity index (χ3v) is 3.72. The molecule has 0 aliphatic rings. The van der Waals surface area contributed by atoms with Crippen molar-refractivity contribution >= 4 is 40.7 Å². The van der Waals surface area contributed by atoms with Gasteiger partial charge < -0.3 is 14.8 Å². The van der Waals surface area contributed by atoms with Crippen molar-refractivity contribution in [2.24, 2.45) is 0 Å². The molecule has 4 nitrogen and oxygen atoms in total. The van der Waals surface area contributed by atoms with E-state index >= 15 is 0 Å². The second-order valence-corrected chi connectivity index (χ2v) is 5.15. The molecule has 0 radical (unpaired) electrons. The Hall–Kier alpha value is -1.20. The largest absolute Gasteiger partial charge is 0.467 e. The molecule has 1 amide bonds. The number of benzene rings is 1. The first-order chi connectivity index (χ1) is 9.50. The summed E-state index contributed by atoms with van der Waals surface area (Å²) in [4.78, 5) is 12.0. The second-order valence-electron chi connectivity index (χ2n) is 3.96. The number of furan rings is 1. The van der Waals surface area contributed by atoms with Crippen LogP contribution in [0, 0.1) is 0 Å². The van der Waals surface area contributed by atoms with E-state index in [1.807, 2.05) is 0 Å². The molecule has 0 saturated carbocycles. The summed E-state index contributed by atoms with van der Waals surface area (Å²) in [5, 5.41) is 12.8. The molecule has 0 spiro atoms. The highest BCUT2D eigenvalue weighted by molar-refractivity contribution is 6.46. The van der Waals surface area contributed by atoms with Gasteiger partial charge in [0.25, 0.3) is 5.91 Å². The average Bonchev–Trinajstić information content (AvgIpc) is 2.95. The minimum atomic E-state index is -0.953. The molecule has 0 fully saturated rings. The van der Waals surface area contributed by atoms with E-state index in [0.29, 0.717) is 5.76 Å². The highest BCUT2D eigenvalue weighted by atomic mass is 35.5. The first-order valence-electron chi connectivity index (χ1n) is 5.64. The molecule has 0 aliphatic heterocycles. The van der Waals surface area contributed by atoms with Crippen LogP contribution in [0.4, 0.5) is 0 Å². The average molecular weight is 335 g/mol. The van der Waals surface area contributed by atoms with Gasteiger partial charge in [-0.1, -0.05) is 34.8 Å². The summed E-state index contributed by atoms with van der Waals surface area (Å²) in [7, 11) is 0. The summed E-state index contributed by atoms with van der Waals surface area (Å²) in [5.74, 6) is -0.165. The fourth-order valence-electron chi connectivity index (χ4n) is 1.59. The van der Waals surface area contributed by atoms with Gasteiger partial charge in [0.15, 0.2) is 0 Å². The predicted molar refractivity (Wildman–Crippen MR) is 77.5 cm³/mol. The Morgan fingerprint density at radius 3 is 2.60 bits per heavy atom. The molecule has 1 aromatic carbocycles. The van der Waals surface area contributed by atoms with Gasteiger partial charge in [0.1, 0.15) is 11.9 Å². The smallest absolute Gasteiger partial charge is 0.254 e. The van der Waals surface area contributed by atoms with Crippen molar-refractivity contribution in [1.82, 2.24) is 5.32 Å². The van der Waals surface area contributed by atoms with E-state index in [9.17, 15) is 9.90 Å². The molecule has 2 N–H and O–H groups in total. The predicted octanol–water partition coefficient (Wildman–Crippen LogP) is 3.70. The van der Waals surface area contributed by atoms with E-state index in [1.165, 1.54) is 18.4 Å². The molecule has 2 aromatic rings. The van der Waals surface area contributed by atoms with E-state index in [2.05, 4.69) is 5.32 Å². The van der Waals surface area contributed by atoms with Crippen LogP contribution < -0.4 is 5.32 Å². The third-order valence-electron chi connectivity index (χ3n) is 2.60. The number of hydrogen-bond donors (Lipinski definition) is 2. The SMILES string of the molecule is O=C(NCC(O)c1ccco1)c1c(Cl)ccc(Cl)c1Cl. The van der Waals surface area contributed by atoms with Crippen molar-refractivity contribution in [2.75, 3.05) is 6.54 Å². The molecule has 1 aromatic heterocycles. The van der Waals surface area contributed by atoms with Crippen LogP contribution in [0.2, 0.25) is 15.1 Å². The maximum absolute atomic E-state index is 12.0. The summed E-state index contributed by atoms with van der Waals surface area (Å²) in [5.41, 5.74) is 0.0764. The van der Waals surface area contributed by atoms with Crippen molar-refractivity contribution in [2.45, 2.75) is 6.10 Å². The monoisotopic (exact) mass is 333 g/mol. The molecular weight excluding hydrogens is 325 g/mol. The number of amides is 1. The normalized spacial score (nSPS) is 12.2. The minimum Gasteiger partial charge on any atom is -0.467 e. The van der Waals surface area contributed by atoms with Crippen LogP contribution >= 0.6 is 34.8 Å². The number of nitrogens with one attached hydrogen (secondary N) is 1. The lowest BCUT2D eigenvalue weighted by Crippen LogP contribution is -2.28. The van der Waals surface area contributed by atoms with Crippen LogP contribution in [0.15, 0.2) is 34.9 Å². The molecule has 2 rings (SSSR count). The maximum Gasteiger partial charge on any atom is 0.254 e. The van der Waals surface area contributed by atoms with Gasteiger partial charge in [-0.15, -0.1) is 0 Å². The van der Waals surface area contributed by atoms with E-state index in [1.54, 1.807) is 12.1 Å². The van der Waals surface area contributed by atoms with Crippen molar-refractivity contribution in [1.29, 1.82) is 0 Å². The number of hydrogen-bond acceptors (Lipinski definition) is 3. The Labute approximate surface area is 130 Å². The zero-order valence-corrected chi connectivity index (χ0v) is 12.3. The molecule has 1 heterocycles. The Bertz CT molecular complexity index is 614. The zero-order valence-electron chi connectivity index (χ0n) is 10.1. The van der Waals surface area contributed by atoms with Gasteiger partial charge in [-0.05, 0) is 24.3 Å². The van der Waals surface area contributed by atoms with Crippen molar-refractivity contribution in [3.05, 3.63) is 56.9 Å². The maximum atomic E-state index is 12.0. The number of halogens is 3. The van der Waals surface area contributed by atoms with Gasteiger partial charge in [-0.25, -0.2) is 0 Å². The zero-order chi connectivity index (χ0) is 14.7. The van der Waals surface area contributed by atoms with Crippen LogP contribution in [0.25, 0.3) is 0 Å². The van der Waals surface area contributed by atoms with Crippen LogP contribution in [0.1, 0.15) is 22.2 Å². The van der Waals surface area contributed by atoms with Gasteiger partial charge >= 0.3 is 0 Å². The summed E-state index contributed by atoms with van der Waals surface area (Å²) in [6, 6.07) is 6.23. The van der Waals surface area contributed by atoms with E-state index in [4.69, 9.17) is 39.2 Å². The Kier molecular flexibility index (Phi) is 4.94. The molecular formula is C13H10Cl3NO3. The van der Waals surface area contributed by atoms with E-state index in [-0.39, 0.29) is 27.2 Å². The van der Waals surface area contributed by atoms with Gasteiger partial charge in [0.2, 0.25) is 0 Å². The molecule has 0 bridgehead atoms. The highest BCUT2D eigenvalue weighted by Gasteiger charge is 2.19. The fraction of sp³-hybridized carbons (Fsp3) is 0.154. The first kappa shape index (κ1) is 15.2. The molecule has 0 saturated heterocycles. The molecule has 7 heteroatoms. The van der Waals surface area contributed by atoms with Gasteiger partial charge in [-0.3, -0.25) is 4.79 Å². The van der Waals surface area contributed by atoms with Crippen molar-refractivity contribution in [3.63, 3.8) is 0 Å². The summed E-state index contributed by atoms with van der Waals surface area (Å²) < 4.78 is 5.03. The van der Waals surface area contributed by atoms with Gasteiger partial charge in [0, 0.05) is 0 Å². The number of rotatable bonds is 4. The number of carbonyl (C=O) groups excluding carboxylic acids is 1. The lowest BCUT2D eigenvalue weighted by atomic mass is 10.2. The molecule has 106 valence electrons. The molecule has 20 heavy (non-hydrogen) atoms. The lowest BCUT2D eigenvalue weighted by molar-refractivity contribution is 0.0901. The van der Waals surface area contributed by atoms with Crippen LogP contribution in [-0.4, -0.2) is 17.6 Å². The Balaban J connectivity index is 2.08. The Morgan fingerprint density at radius 2 is 1.95 bits per heavy atom. The summed E-state index contributed by atoms with van der Waals surface area (Å²) in [6.45, 7) is -0.0362. The molecule has 1 atom stereocenters. The summed E-state index contributed by atoms with van der Waals surface area (Å²) >= 11 is 17.7. The van der Waals surface area contributed by atoms with Crippen LogP contribution in [0.3, 0.4) is 0 Å². The van der Waals surface area contributed by atoms with Gasteiger partial charge in [-0.2, -0.15) is 0 Å². The third kappa shape index (κ3) is 3.27. The van der Waals surface area contributed by atoms with E-state index in [0.717, 1.165) is 0 Å². The summed E-state index contributed by atoms with van der Waals surface area (Å²) in [6.07, 6.45) is 0.483. The quantitative estimate of drug-likeness (QED) is 0.838. The van der Waals surface area contributed by atoms with Crippen LogP contribution in [0.5, 0.6) is 0 Å². The fourth-order valence-corrected chi connectivity index (χ4v) is 2.29. The van der Waals surface area contributed by atoms with Crippen molar-refractivity contribution in [3.8, 4) is 0 Å². The topological polar surface area (TPSA) is 62.5 Å². The van der Waals surface area contributed by atoms with E-state index < -0.39 is 12.0 Å². The first-order valence-corrected chi connectivity index (χ1v) is 6.77. The molecule has 1 unspecified atom stereocenters. The number of aliphatic hydroxyl groups is 1.